The molecule has 0 bridgehead atoms. The summed E-state index contributed by atoms with van der Waals surface area (Å²) in [5, 5.41) is 3.34. The van der Waals surface area contributed by atoms with E-state index in [1.807, 2.05) is 0 Å². The number of ether oxygens (including phenoxy) is 1. The second kappa shape index (κ2) is 7.49. The lowest BCUT2D eigenvalue weighted by Crippen LogP contribution is -2.49. The summed E-state index contributed by atoms with van der Waals surface area (Å²) < 4.78 is 45.0. The van der Waals surface area contributed by atoms with E-state index in [1.54, 1.807) is 13.0 Å². The number of benzene rings is 1. The topological polar surface area (TPSA) is 50.3 Å². The molecule has 0 amide bonds. The summed E-state index contributed by atoms with van der Waals surface area (Å²) in [5.41, 5.74) is -0.0167. The van der Waals surface area contributed by atoms with Crippen molar-refractivity contribution in [3.05, 3.63) is 47.3 Å². The number of halogens is 3. The summed E-state index contributed by atoms with van der Waals surface area (Å²) in [7, 11) is 0. The van der Waals surface area contributed by atoms with Crippen molar-refractivity contribution in [3.63, 3.8) is 0 Å². The Hall–Kier alpha value is -2.35. The van der Waals surface area contributed by atoms with Gasteiger partial charge in [-0.2, -0.15) is 13.2 Å². The molecule has 26 heavy (non-hydrogen) atoms. The molecule has 3 rings (SSSR count). The van der Waals surface area contributed by atoms with Crippen molar-refractivity contribution >= 4 is 5.95 Å². The number of alkyl halides is 3. The lowest BCUT2D eigenvalue weighted by Gasteiger charge is -2.31. The minimum Gasteiger partial charge on any atom is -0.486 e. The van der Waals surface area contributed by atoms with Crippen molar-refractivity contribution in [2.75, 3.05) is 24.5 Å². The summed E-state index contributed by atoms with van der Waals surface area (Å²) in [5.74, 6) is 0.936. The third-order valence-electron chi connectivity index (χ3n) is 4.36. The molecule has 2 heterocycles. The van der Waals surface area contributed by atoms with Gasteiger partial charge < -0.3 is 15.0 Å². The molecule has 0 spiro atoms. The third kappa shape index (κ3) is 4.24. The van der Waals surface area contributed by atoms with E-state index in [0.717, 1.165) is 25.7 Å². The minimum atomic E-state index is -4.41. The number of rotatable bonds is 4. The molecule has 5 nitrogen and oxygen atoms in total. The first-order chi connectivity index (χ1) is 12.3. The van der Waals surface area contributed by atoms with Crippen LogP contribution in [0.3, 0.4) is 0 Å². The van der Waals surface area contributed by atoms with Crippen LogP contribution in [-0.2, 0) is 12.8 Å². The van der Waals surface area contributed by atoms with Crippen LogP contribution in [0.4, 0.5) is 19.1 Å². The highest BCUT2D eigenvalue weighted by Gasteiger charge is 2.33. The highest BCUT2D eigenvalue weighted by atomic mass is 19.4. The van der Waals surface area contributed by atoms with Crippen LogP contribution in [0.25, 0.3) is 0 Å². The predicted molar refractivity (Wildman–Crippen MR) is 92.2 cm³/mol. The molecule has 0 aliphatic carbocycles. The van der Waals surface area contributed by atoms with Gasteiger partial charge in [0.2, 0.25) is 5.95 Å². The molecule has 1 atom stereocenters. The Bertz CT molecular complexity index is 749. The quantitative estimate of drug-likeness (QED) is 0.901. The number of aryl methyl sites for hydroxylation is 1. The zero-order valence-corrected chi connectivity index (χ0v) is 14.7. The van der Waals surface area contributed by atoms with E-state index in [9.17, 15) is 13.2 Å². The average Bonchev–Trinajstić information content (AvgIpc) is 2.60. The zero-order valence-electron chi connectivity index (χ0n) is 14.7. The molecule has 1 aliphatic rings. The number of piperazine rings is 1. The summed E-state index contributed by atoms with van der Waals surface area (Å²) in [6, 6.07) is 4.45. The monoisotopic (exact) mass is 366 g/mol. The van der Waals surface area contributed by atoms with Gasteiger partial charge in [-0.15, -0.1) is 0 Å². The fourth-order valence-corrected chi connectivity index (χ4v) is 2.98. The van der Waals surface area contributed by atoms with Gasteiger partial charge in [0.05, 0.1) is 18.0 Å². The van der Waals surface area contributed by atoms with Crippen LogP contribution in [0.1, 0.15) is 23.6 Å². The van der Waals surface area contributed by atoms with Crippen molar-refractivity contribution in [2.24, 2.45) is 0 Å². The lowest BCUT2D eigenvalue weighted by atomic mass is 10.0. The van der Waals surface area contributed by atoms with E-state index in [2.05, 4.69) is 27.1 Å². The van der Waals surface area contributed by atoms with Crippen LogP contribution in [0, 0.1) is 6.92 Å². The first-order valence-electron chi connectivity index (χ1n) is 8.43. The van der Waals surface area contributed by atoms with Gasteiger partial charge in [0.25, 0.3) is 0 Å². The summed E-state index contributed by atoms with van der Waals surface area (Å²) >= 11 is 0. The van der Waals surface area contributed by atoms with Crippen molar-refractivity contribution in [3.8, 4) is 5.75 Å². The Kier molecular flexibility index (Phi) is 5.31. The van der Waals surface area contributed by atoms with E-state index in [1.165, 1.54) is 18.5 Å². The molecule has 1 fully saturated rings. The number of aromatic nitrogens is 2. The van der Waals surface area contributed by atoms with Crippen LogP contribution in [0.15, 0.2) is 30.6 Å². The molecule has 2 aromatic rings. The predicted octanol–water partition coefficient (Wildman–Crippen LogP) is 3.18. The standard InChI is InChI=1S/C18H21F3N4O/c1-12-4-3-5-16(18(19,20)21)15(12)11-26-14-8-23-17(24-9-14)25-7-6-22-13(2)10-25/h3-5,8-9,13,22H,6-7,10-11H2,1-2H3/t13-/m0/s1. The second-order valence-corrected chi connectivity index (χ2v) is 6.41. The molecule has 0 saturated carbocycles. The Labute approximate surface area is 150 Å². The van der Waals surface area contributed by atoms with Crippen LogP contribution < -0.4 is 15.0 Å². The maximum atomic E-state index is 13.2. The molecule has 0 unspecified atom stereocenters. The van der Waals surface area contributed by atoms with Gasteiger partial charge in [-0.25, -0.2) is 9.97 Å². The summed E-state index contributed by atoms with van der Waals surface area (Å²) in [6.07, 6.45) is -1.41. The first kappa shape index (κ1) is 18.4. The number of nitrogens with one attached hydrogen (secondary N) is 1. The lowest BCUT2D eigenvalue weighted by molar-refractivity contribution is -0.138. The molecule has 1 saturated heterocycles. The highest BCUT2D eigenvalue weighted by Crippen LogP contribution is 2.33. The van der Waals surface area contributed by atoms with Crippen molar-refractivity contribution < 1.29 is 17.9 Å². The normalized spacial score (nSPS) is 18.0. The molecular weight excluding hydrogens is 345 g/mol. The summed E-state index contributed by atoms with van der Waals surface area (Å²) in [4.78, 5) is 10.6. The van der Waals surface area contributed by atoms with E-state index in [0.29, 0.717) is 23.3 Å². The van der Waals surface area contributed by atoms with Gasteiger partial charge in [-0.05, 0) is 25.5 Å². The Morgan fingerprint density at radius 2 is 2.00 bits per heavy atom. The van der Waals surface area contributed by atoms with Crippen LogP contribution >= 0.6 is 0 Å². The fourth-order valence-electron chi connectivity index (χ4n) is 2.98. The van der Waals surface area contributed by atoms with E-state index >= 15 is 0 Å². The van der Waals surface area contributed by atoms with Crippen molar-refractivity contribution in [1.82, 2.24) is 15.3 Å². The van der Waals surface area contributed by atoms with Gasteiger partial charge in [-0.3, -0.25) is 0 Å². The molecule has 1 aliphatic heterocycles. The highest BCUT2D eigenvalue weighted by molar-refractivity contribution is 5.37. The zero-order chi connectivity index (χ0) is 18.7. The van der Waals surface area contributed by atoms with Crippen molar-refractivity contribution in [2.45, 2.75) is 32.7 Å². The van der Waals surface area contributed by atoms with E-state index in [-0.39, 0.29) is 12.2 Å². The smallest absolute Gasteiger partial charge is 0.416 e. The van der Waals surface area contributed by atoms with E-state index in [4.69, 9.17) is 4.74 Å². The molecule has 1 N–H and O–H groups in total. The van der Waals surface area contributed by atoms with E-state index < -0.39 is 11.7 Å². The van der Waals surface area contributed by atoms with Gasteiger partial charge >= 0.3 is 6.18 Å². The number of anilines is 1. The SMILES string of the molecule is Cc1cccc(C(F)(F)F)c1COc1cnc(N2CCN[C@@H](C)C2)nc1. The Morgan fingerprint density at radius 3 is 2.65 bits per heavy atom. The van der Waals surface area contributed by atoms with Gasteiger partial charge in [0.1, 0.15) is 6.61 Å². The first-order valence-corrected chi connectivity index (χ1v) is 8.43. The Balaban J connectivity index is 1.69. The molecule has 0 radical (unpaired) electrons. The molecule has 1 aromatic carbocycles. The maximum Gasteiger partial charge on any atom is 0.416 e. The largest absolute Gasteiger partial charge is 0.486 e. The number of nitrogens with zero attached hydrogens (tertiary/aromatic N) is 3. The minimum absolute atomic E-state index is 0.125. The van der Waals surface area contributed by atoms with Crippen molar-refractivity contribution in [1.29, 1.82) is 0 Å². The second-order valence-electron chi connectivity index (χ2n) is 6.41. The fraction of sp³-hybridized carbons (Fsp3) is 0.444. The number of hydrogen-bond donors (Lipinski definition) is 1. The molecule has 1 aromatic heterocycles. The average molecular weight is 366 g/mol. The third-order valence-corrected chi connectivity index (χ3v) is 4.36. The molecule has 8 heteroatoms. The summed E-state index contributed by atoms with van der Waals surface area (Å²) in [6.45, 7) is 6.01. The number of hydrogen-bond acceptors (Lipinski definition) is 5. The molecule has 140 valence electrons. The molecular formula is C18H21F3N4O. The van der Waals surface area contributed by atoms with Gasteiger partial charge in [0, 0.05) is 31.2 Å². The Morgan fingerprint density at radius 1 is 1.27 bits per heavy atom. The van der Waals surface area contributed by atoms with Gasteiger partial charge in [0.15, 0.2) is 5.75 Å². The maximum absolute atomic E-state index is 13.2. The van der Waals surface area contributed by atoms with Crippen LogP contribution in [0.5, 0.6) is 5.75 Å². The van der Waals surface area contributed by atoms with Crippen LogP contribution in [-0.4, -0.2) is 35.6 Å². The van der Waals surface area contributed by atoms with Gasteiger partial charge in [-0.1, -0.05) is 12.1 Å². The van der Waals surface area contributed by atoms with Crippen LogP contribution in [0.2, 0.25) is 0 Å².